The summed E-state index contributed by atoms with van der Waals surface area (Å²) in [7, 11) is 0. The quantitative estimate of drug-likeness (QED) is 0.696. The van der Waals surface area contributed by atoms with Gasteiger partial charge in [-0.05, 0) is 23.8 Å². The molecule has 0 radical (unpaired) electrons. The SMILES string of the molecule is N#CCN(Cc1ccccc1)C(=O)c1cc(Cl)ccc1N. The van der Waals surface area contributed by atoms with Crippen LogP contribution >= 0.6 is 11.6 Å². The van der Waals surface area contributed by atoms with Crippen LogP contribution < -0.4 is 5.73 Å². The van der Waals surface area contributed by atoms with E-state index in [1.54, 1.807) is 12.1 Å². The Morgan fingerprint density at radius 2 is 1.95 bits per heavy atom. The van der Waals surface area contributed by atoms with Gasteiger partial charge in [0.2, 0.25) is 0 Å². The number of nitrogen functional groups attached to an aromatic ring is 1. The topological polar surface area (TPSA) is 70.1 Å². The molecule has 0 aliphatic rings. The monoisotopic (exact) mass is 299 g/mol. The number of halogens is 1. The van der Waals surface area contributed by atoms with Crippen LogP contribution in [0.5, 0.6) is 0 Å². The number of amides is 1. The number of anilines is 1. The molecule has 0 unspecified atom stereocenters. The number of carbonyl (C=O) groups is 1. The molecule has 0 heterocycles. The van der Waals surface area contributed by atoms with Gasteiger partial charge in [0, 0.05) is 17.3 Å². The zero-order chi connectivity index (χ0) is 15.2. The lowest BCUT2D eigenvalue weighted by atomic mass is 10.1. The lowest BCUT2D eigenvalue weighted by Gasteiger charge is -2.20. The van der Waals surface area contributed by atoms with Gasteiger partial charge in [0.1, 0.15) is 6.54 Å². The van der Waals surface area contributed by atoms with Crippen molar-refractivity contribution in [3.63, 3.8) is 0 Å². The van der Waals surface area contributed by atoms with Crippen LogP contribution in [0, 0.1) is 11.3 Å². The molecule has 4 nitrogen and oxygen atoms in total. The maximum Gasteiger partial charge on any atom is 0.257 e. The Balaban J connectivity index is 2.27. The number of nitrogens with two attached hydrogens (primary N) is 1. The summed E-state index contributed by atoms with van der Waals surface area (Å²) in [6, 6.07) is 16.2. The van der Waals surface area contributed by atoms with Crippen LogP contribution in [0.2, 0.25) is 5.02 Å². The molecule has 0 fully saturated rings. The van der Waals surface area contributed by atoms with Crippen molar-refractivity contribution in [1.82, 2.24) is 4.90 Å². The van der Waals surface area contributed by atoms with Gasteiger partial charge in [0.05, 0.1) is 11.6 Å². The lowest BCUT2D eigenvalue weighted by Crippen LogP contribution is -2.31. The van der Waals surface area contributed by atoms with E-state index in [1.165, 1.54) is 11.0 Å². The second kappa shape index (κ2) is 6.78. The van der Waals surface area contributed by atoms with Crippen molar-refractivity contribution in [2.45, 2.75) is 6.54 Å². The highest BCUT2D eigenvalue weighted by Crippen LogP contribution is 2.20. The fourth-order valence-corrected chi connectivity index (χ4v) is 2.14. The molecule has 21 heavy (non-hydrogen) atoms. The molecule has 0 atom stereocenters. The second-order valence-corrected chi connectivity index (χ2v) is 4.97. The highest BCUT2D eigenvalue weighted by atomic mass is 35.5. The molecule has 2 aromatic rings. The van der Waals surface area contributed by atoms with E-state index in [4.69, 9.17) is 22.6 Å². The first-order valence-electron chi connectivity index (χ1n) is 6.37. The predicted octanol–water partition coefficient (Wildman–Crippen LogP) is 3.09. The normalized spacial score (nSPS) is 9.90. The van der Waals surface area contributed by atoms with Crippen LogP contribution in [0.15, 0.2) is 48.5 Å². The Bertz CT molecular complexity index is 680. The molecule has 0 spiro atoms. The first-order valence-corrected chi connectivity index (χ1v) is 6.75. The molecule has 0 aliphatic heterocycles. The average Bonchev–Trinajstić information content (AvgIpc) is 2.49. The Morgan fingerprint density at radius 1 is 1.24 bits per heavy atom. The van der Waals surface area contributed by atoms with Crippen molar-refractivity contribution in [2.75, 3.05) is 12.3 Å². The molecule has 2 aromatic carbocycles. The first kappa shape index (κ1) is 14.9. The van der Waals surface area contributed by atoms with Gasteiger partial charge < -0.3 is 10.6 Å². The maximum atomic E-state index is 12.5. The van der Waals surface area contributed by atoms with E-state index >= 15 is 0 Å². The lowest BCUT2D eigenvalue weighted by molar-refractivity contribution is 0.0766. The van der Waals surface area contributed by atoms with Crippen LogP contribution in [0.3, 0.4) is 0 Å². The third-order valence-electron chi connectivity index (χ3n) is 3.01. The van der Waals surface area contributed by atoms with Crippen molar-refractivity contribution in [1.29, 1.82) is 5.26 Å². The summed E-state index contributed by atoms with van der Waals surface area (Å²) >= 11 is 5.91. The minimum absolute atomic E-state index is 0.0142. The number of nitriles is 1. The molecule has 2 N–H and O–H groups in total. The third-order valence-corrected chi connectivity index (χ3v) is 3.25. The van der Waals surface area contributed by atoms with E-state index in [2.05, 4.69) is 0 Å². The van der Waals surface area contributed by atoms with Gasteiger partial charge in [0.25, 0.3) is 5.91 Å². The molecule has 1 amide bonds. The highest BCUT2D eigenvalue weighted by molar-refractivity contribution is 6.31. The fourth-order valence-electron chi connectivity index (χ4n) is 1.97. The van der Waals surface area contributed by atoms with Crippen molar-refractivity contribution < 1.29 is 4.79 Å². The number of benzene rings is 2. The van der Waals surface area contributed by atoms with E-state index < -0.39 is 0 Å². The van der Waals surface area contributed by atoms with Gasteiger partial charge in [-0.15, -0.1) is 0 Å². The predicted molar refractivity (Wildman–Crippen MR) is 82.7 cm³/mol. The Morgan fingerprint density at radius 3 is 2.62 bits per heavy atom. The molecule has 0 aromatic heterocycles. The molecule has 106 valence electrons. The van der Waals surface area contributed by atoms with Crippen LogP contribution in [0.25, 0.3) is 0 Å². The molecule has 2 rings (SSSR count). The first-order chi connectivity index (χ1) is 10.1. The maximum absolute atomic E-state index is 12.5. The number of rotatable bonds is 4. The van der Waals surface area contributed by atoms with Crippen LogP contribution in [0.1, 0.15) is 15.9 Å². The van der Waals surface area contributed by atoms with Crippen LogP contribution in [-0.4, -0.2) is 17.4 Å². The molecule has 0 saturated heterocycles. The van der Waals surface area contributed by atoms with E-state index in [9.17, 15) is 4.79 Å². The van der Waals surface area contributed by atoms with Gasteiger partial charge in [-0.3, -0.25) is 4.79 Å². The van der Waals surface area contributed by atoms with E-state index in [1.807, 2.05) is 36.4 Å². The summed E-state index contributed by atoms with van der Waals surface area (Å²) < 4.78 is 0. The number of nitrogens with zero attached hydrogens (tertiary/aromatic N) is 2. The Hall–Kier alpha value is -2.51. The summed E-state index contributed by atoms with van der Waals surface area (Å²) in [5.74, 6) is -0.305. The standard InChI is InChI=1S/C16H14ClN3O/c17-13-6-7-15(19)14(10-13)16(21)20(9-8-18)11-12-4-2-1-3-5-12/h1-7,10H,9,11,19H2. The molecular weight excluding hydrogens is 286 g/mol. The number of carbonyl (C=O) groups excluding carboxylic acids is 1. The van der Waals surface area contributed by atoms with E-state index in [0.717, 1.165) is 5.56 Å². The van der Waals surface area contributed by atoms with Crippen molar-refractivity contribution >= 4 is 23.2 Å². The second-order valence-electron chi connectivity index (χ2n) is 4.54. The molecular formula is C16H14ClN3O. The Labute approximate surface area is 128 Å². The van der Waals surface area contributed by atoms with E-state index in [-0.39, 0.29) is 12.5 Å². The number of hydrogen-bond donors (Lipinski definition) is 1. The van der Waals surface area contributed by atoms with Crippen molar-refractivity contribution in [3.05, 3.63) is 64.7 Å². The summed E-state index contributed by atoms with van der Waals surface area (Å²) in [6.07, 6.45) is 0. The third kappa shape index (κ3) is 3.74. The minimum atomic E-state index is -0.305. The van der Waals surface area contributed by atoms with Gasteiger partial charge in [0.15, 0.2) is 0 Å². The smallest absolute Gasteiger partial charge is 0.257 e. The van der Waals surface area contributed by atoms with Crippen molar-refractivity contribution in [2.24, 2.45) is 0 Å². The summed E-state index contributed by atoms with van der Waals surface area (Å²) in [6.45, 7) is 0.332. The fraction of sp³-hybridized carbons (Fsp3) is 0.125. The van der Waals surface area contributed by atoms with Gasteiger partial charge in [-0.25, -0.2) is 0 Å². The number of hydrogen-bond acceptors (Lipinski definition) is 3. The Kier molecular flexibility index (Phi) is 4.81. The highest BCUT2D eigenvalue weighted by Gasteiger charge is 2.18. The average molecular weight is 300 g/mol. The molecule has 0 aliphatic carbocycles. The minimum Gasteiger partial charge on any atom is -0.398 e. The summed E-state index contributed by atoms with van der Waals surface area (Å²) in [5.41, 5.74) is 7.44. The van der Waals surface area contributed by atoms with Gasteiger partial charge in [-0.2, -0.15) is 5.26 Å². The zero-order valence-electron chi connectivity index (χ0n) is 11.3. The largest absolute Gasteiger partial charge is 0.398 e. The van der Waals surface area contributed by atoms with Gasteiger partial charge >= 0.3 is 0 Å². The van der Waals surface area contributed by atoms with Crippen molar-refractivity contribution in [3.8, 4) is 6.07 Å². The molecule has 0 bridgehead atoms. The zero-order valence-corrected chi connectivity index (χ0v) is 12.0. The summed E-state index contributed by atoms with van der Waals surface area (Å²) in [5, 5.41) is 9.37. The summed E-state index contributed by atoms with van der Waals surface area (Å²) in [4.78, 5) is 14.0. The van der Waals surface area contributed by atoms with E-state index in [0.29, 0.717) is 22.8 Å². The van der Waals surface area contributed by atoms with Crippen LogP contribution in [-0.2, 0) is 6.54 Å². The molecule has 0 saturated carbocycles. The van der Waals surface area contributed by atoms with Crippen LogP contribution in [0.4, 0.5) is 5.69 Å². The van der Waals surface area contributed by atoms with Gasteiger partial charge in [-0.1, -0.05) is 41.9 Å². The molecule has 5 heteroatoms.